The van der Waals surface area contributed by atoms with Crippen LogP contribution in [-0.2, 0) is 0 Å². The molecule has 0 amide bonds. The second kappa shape index (κ2) is 6.78. The molecule has 2 aromatic carbocycles. The minimum absolute atomic E-state index is 0.368. The Morgan fingerprint density at radius 3 is 2.41 bits per heavy atom. The molecule has 0 aliphatic rings. The minimum atomic E-state index is 0.368. The maximum absolute atomic E-state index is 5.07. The summed E-state index contributed by atoms with van der Waals surface area (Å²) >= 11 is 16.1. The van der Waals surface area contributed by atoms with Crippen molar-refractivity contribution in [2.45, 2.75) is 14.9 Å². The quantitative estimate of drug-likeness (QED) is 0.437. The Balaban J connectivity index is 1.93. The van der Waals surface area contributed by atoms with Gasteiger partial charge in [0.05, 0.1) is 0 Å². The third-order valence-corrected chi connectivity index (χ3v) is 4.80. The molecule has 1 aromatic heterocycles. The van der Waals surface area contributed by atoms with E-state index in [4.69, 9.17) is 24.4 Å². The van der Waals surface area contributed by atoms with Crippen LogP contribution in [0, 0.1) is 9.54 Å². The average molecular weight is 362 g/mol. The molecule has 7 heteroatoms. The fourth-order valence-electron chi connectivity index (χ4n) is 1.94. The number of hydrogen-bond acceptors (Lipinski definition) is 5. The lowest BCUT2D eigenvalue weighted by Crippen LogP contribution is -1.91. The molecule has 0 saturated carbocycles. The van der Waals surface area contributed by atoms with E-state index in [9.17, 15) is 0 Å². The van der Waals surface area contributed by atoms with Gasteiger partial charge in [0.1, 0.15) is 0 Å². The number of aromatic amines is 2. The van der Waals surface area contributed by atoms with E-state index in [1.54, 1.807) is 0 Å². The van der Waals surface area contributed by atoms with Crippen LogP contribution in [0.5, 0.6) is 0 Å². The number of aromatic nitrogens is 3. The van der Waals surface area contributed by atoms with Gasteiger partial charge in [0.15, 0.2) is 9.93 Å². The third-order valence-electron chi connectivity index (χ3n) is 2.92. The molecule has 110 valence electrons. The summed E-state index contributed by atoms with van der Waals surface area (Å²) in [7, 11) is 0. The van der Waals surface area contributed by atoms with Crippen LogP contribution in [0.4, 0.5) is 0 Å². The smallest absolute Gasteiger partial charge is 0.201 e. The minimum Gasteiger partial charge on any atom is -0.311 e. The fourth-order valence-corrected chi connectivity index (χ4v) is 3.66. The second-order valence-electron chi connectivity index (χ2n) is 4.45. The zero-order valence-corrected chi connectivity index (χ0v) is 14.6. The molecular formula is C15H11N3S4. The standard InChI is InChI=1S/C15H11N3S4/c19-11-8-10(9-4-2-1-3-5-9)6-7-12(11)22-15-17-13(20)16-14(21)18-15/h1-8,19H,(H2,16,17,18,20,21). The van der Waals surface area contributed by atoms with Crippen molar-refractivity contribution in [3.63, 3.8) is 0 Å². The number of hydrogen-bond donors (Lipinski definition) is 3. The Morgan fingerprint density at radius 2 is 1.73 bits per heavy atom. The van der Waals surface area contributed by atoms with Gasteiger partial charge in [-0.3, -0.25) is 0 Å². The first-order chi connectivity index (χ1) is 10.6. The van der Waals surface area contributed by atoms with Crippen molar-refractivity contribution in [1.82, 2.24) is 15.0 Å². The Kier molecular flexibility index (Phi) is 4.77. The normalized spacial score (nSPS) is 10.6. The van der Waals surface area contributed by atoms with Gasteiger partial charge in [0.2, 0.25) is 4.77 Å². The van der Waals surface area contributed by atoms with E-state index in [1.807, 2.05) is 30.3 Å². The van der Waals surface area contributed by atoms with E-state index < -0.39 is 0 Å². The van der Waals surface area contributed by atoms with Gasteiger partial charge in [0.25, 0.3) is 0 Å². The van der Waals surface area contributed by atoms with Gasteiger partial charge in [-0.25, -0.2) is 0 Å². The van der Waals surface area contributed by atoms with Crippen LogP contribution in [-0.4, -0.2) is 15.0 Å². The predicted molar refractivity (Wildman–Crippen MR) is 97.9 cm³/mol. The Morgan fingerprint density at radius 1 is 0.955 bits per heavy atom. The van der Waals surface area contributed by atoms with Crippen LogP contribution in [0.2, 0.25) is 0 Å². The van der Waals surface area contributed by atoms with Gasteiger partial charge in [-0.05, 0) is 47.7 Å². The molecule has 0 fully saturated rings. The second-order valence-corrected chi connectivity index (χ2v) is 6.76. The first-order valence-corrected chi connectivity index (χ1v) is 8.47. The molecule has 3 nitrogen and oxygen atoms in total. The summed E-state index contributed by atoms with van der Waals surface area (Å²) in [5.41, 5.74) is 2.29. The molecule has 0 unspecified atom stereocenters. The van der Waals surface area contributed by atoms with Crippen molar-refractivity contribution < 1.29 is 0 Å². The van der Waals surface area contributed by atoms with Crippen LogP contribution in [0.25, 0.3) is 11.1 Å². The highest BCUT2D eigenvalue weighted by atomic mass is 32.2. The van der Waals surface area contributed by atoms with Crippen molar-refractivity contribution in [1.29, 1.82) is 0 Å². The maximum Gasteiger partial charge on any atom is 0.201 e. The van der Waals surface area contributed by atoms with E-state index in [0.717, 1.165) is 20.9 Å². The summed E-state index contributed by atoms with van der Waals surface area (Å²) in [6, 6.07) is 16.3. The highest BCUT2D eigenvalue weighted by Crippen LogP contribution is 2.33. The SMILES string of the molecule is S=c1nc(Sc2ccc(-c3ccccc3)cc2S)[nH]c(=S)[nH]1. The average Bonchev–Trinajstić information content (AvgIpc) is 2.49. The van der Waals surface area contributed by atoms with E-state index >= 15 is 0 Å². The van der Waals surface area contributed by atoms with Crippen molar-refractivity contribution >= 4 is 48.8 Å². The Bertz CT molecular complexity index is 888. The molecule has 3 aromatic rings. The first-order valence-electron chi connectivity index (χ1n) is 6.39. The lowest BCUT2D eigenvalue weighted by Gasteiger charge is -2.07. The van der Waals surface area contributed by atoms with Gasteiger partial charge >= 0.3 is 0 Å². The van der Waals surface area contributed by atoms with Crippen LogP contribution >= 0.6 is 48.8 Å². The lowest BCUT2D eigenvalue weighted by molar-refractivity contribution is 0.871. The molecule has 2 N–H and O–H groups in total. The Hall–Kier alpha value is -1.41. The van der Waals surface area contributed by atoms with Crippen molar-refractivity contribution in [3.8, 4) is 11.1 Å². The molecule has 1 heterocycles. The number of nitrogens with one attached hydrogen (secondary N) is 2. The fraction of sp³-hybridized carbons (Fsp3) is 0. The van der Waals surface area contributed by atoms with Crippen molar-refractivity contribution in [2.24, 2.45) is 0 Å². The van der Waals surface area contributed by atoms with E-state index in [2.05, 4.69) is 45.8 Å². The maximum atomic E-state index is 5.07. The zero-order chi connectivity index (χ0) is 15.5. The van der Waals surface area contributed by atoms with Crippen LogP contribution in [0.15, 0.2) is 63.5 Å². The predicted octanol–water partition coefficient (Wildman–Crippen LogP) is 5.30. The van der Waals surface area contributed by atoms with E-state index in [1.165, 1.54) is 11.8 Å². The summed E-state index contributed by atoms with van der Waals surface area (Å²) in [6.45, 7) is 0. The molecule has 22 heavy (non-hydrogen) atoms. The largest absolute Gasteiger partial charge is 0.311 e. The molecule has 0 spiro atoms. The molecule has 0 saturated heterocycles. The molecule has 0 radical (unpaired) electrons. The van der Waals surface area contributed by atoms with Gasteiger partial charge in [-0.1, -0.05) is 48.2 Å². The summed E-state index contributed by atoms with van der Waals surface area (Å²) in [6.07, 6.45) is 0. The Labute approximate surface area is 147 Å². The first kappa shape index (κ1) is 15.5. The van der Waals surface area contributed by atoms with E-state index in [0.29, 0.717) is 14.7 Å². The molecule has 0 atom stereocenters. The summed E-state index contributed by atoms with van der Waals surface area (Å²) in [5, 5.41) is 0.650. The summed E-state index contributed by atoms with van der Waals surface area (Å²) < 4.78 is 0.831. The zero-order valence-electron chi connectivity index (χ0n) is 11.2. The molecule has 0 aliphatic carbocycles. The molecule has 3 rings (SSSR count). The number of benzene rings is 2. The third kappa shape index (κ3) is 3.67. The summed E-state index contributed by atoms with van der Waals surface area (Å²) in [5.74, 6) is 0. The van der Waals surface area contributed by atoms with Crippen molar-refractivity contribution in [3.05, 3.63) is 58.1 Å². The van der Waals surface area contributed by atoms with Crippen LogP contribution in [0.1, 0.15) is 0 Å². The summed E-state index contributed by atoms with van der Waals surface area (Å²) in [4.78, 5) is 11.8. The number of rotatable bonds is 3. The van der Waals surface area contributed by atoms with E-state index in [-0.39, 0.29) is 0 Å². The van der Waals surface area contributed by atoms with Gasteiger partial charge in [-0.15, -0.1) is 12.6 Å². The number of H-pyrrole nitrogens is 2. The van der Waals surface area contributed by atoms with Gasteiger partial charge in [0, 0.05) is 9.79 Å². The number of nitrogens with zero attached hydrogens (tertiary/aromatic N) is 1. The van der Waals surface area contributed by atoms with Gasteiger partial charge < -0.3 is 9.97 Å². The van der Waals surface area contributed by atoms with Crippen LogP contribution in [0.3, 0.4) is 0 Å². The monoisotopic (exact) mass is 361 g/mol. The lowest BCUT2D eigenvalue weighted by atomic mass is 10.1. The molecular weight excluding hydrogens is 350 g/mol. The molecule has 0 aliphatic heterocycles. The highest BCUT2D eigenvalue weighted by Gasteiger charge is 2.06. The highest BCUT2D eigenvalue weighted by molar-refractivity contribution is 7.99. The molecule has 0 bridgehead atoms. The topological polar surface area (TPSA) is 44.5 Å². The van der Waals surface area contributed by atoms with Crippen LogP contribution < -0.4 is 0 Å². The van der Waals surface area contributed by atoms with Crippen molar-refractivity contribution in [2.75, 3.05) is 0 Å². The number of thiol groups is 1. The van der Waals surface area contributed by atoms with Gasteiger partial charge in [-0.2, -0.15) is 4.98 Å².